The third-order valence-electron chi connectivity index (χ3n) is 2.45. The van der Waals surface area contributed by atoms with Crippen LogP contribution in [-0.4, -0.2) is 24.2 Å². The van der Waals surface area contributed by atoms with E-state index in [9.17, 15) is 4.79 Å². The van der Waals surface area contributed by atoms with E-state index < -0.39 is 5.97 Å². The van der Waals surface area contributed by atoms with Gasteiger partial charge in [0.05, 0.1) is 12.1 Å². The number of aryl methyl sites for hydroxylation is 1. The van der Waals surface area contributed by atoms with Gasteiger partial charge in [-0.3, -0.25) is 0 Å². The Hall–Kier alpha value is -1.95. The molecule has 1 N–H and O–H groups in total. The second-order valence-electron chi connectivity index (χ2n) is 3.52. The molecule has 0 aliphatic heterocycles. The molecule has 0 heterocycles. The van der Waals surface area contributed by atoms with E-state index in [1.807, 2.05) is 18.7 Å². The Morgan fingerprint density at radius 1 is 1.56 bits per heavy atom. The van der Waals surface area contributed by atoms with E-state index in [0.717, 1.165) is 17.8 Å². The zero-order valence-electron chi connectivity index (χ0n) is 9.53. The Balaban J connectivity index is 3.07. The summed E-state index contributed by atoms with van der Waals surface area (Å²) in [6, 6.07) is 5.07. The summed E-state index contributed by atoms with van der Waals surface area (Å²) in [7, 11) is 0. The molecule has 84 valence electrons. The Bertz CT molecular complexity index is 432. The standard InChI is InChI=1S/C13H15NO2/c1-4-8-14(5-2)12-7-6-11(13(15)16)9-10(12)3/h1,6-7,9H,5,8H2,2-3H3,(H,15,16). The summed E-state index contributed by atoms with van der Waals surface area (Å²) in [6.07, 6.45) is 5.28. The van der Waals surface area contributed by atoms with Crippen LogP contribution >= 0.6 is 0 Å². The van der Waals surface area contributed by atoms with Gasteiger partial charge in [-0.15, -0.1) is 6.42 Å². The molecule has 0 bridgehead atoms. The SMILES string of the molecule is C#CCN(CC)c1ccc(C(=O)O)cc1C. The Morgan fingerprint density at radius 2 is 2.25 bits per heavy atom. The van der Waals surface area contributed by atoms with Gasteiger partial charge in [-0.2, -0.15) is 0 Å². The third kappa shape index (κ3) is 2.54. The predicted octanol–water partition coefficient (Wildman–Crippen LogP) is 2.15. The lowest BCUT2D eigenvalue weighted by Crippen LogP contribution is -2.23. The van der Waals surface area contributed by atoms with E-state index in [1.165, 1.54) is 0 Å². The molecule has 0 aliphatic rings. The van der Waals surface area contributed by atoms with Crippen LogP contribution in [-0.2, 0) is 0 Å². The second-order valence-corrected chi connectivity index (χ2v) is 3.52. The minimum atomic E-state index is -0.908. The fourth-order valence-corrected chi connectivity index (χ4v) is 1.62. The number of hydrogen-bond donors (Lipinski definition) is 1. The number of aromatic carboxylic acids is 1. The predicted molar refractivity (Wildman–Crippen MR) is 64.9 cm³/mol. The van der Waals surface area contributed by atoms with E-state index in [-0.39, 0.29) is 0 Å². The number of carboxylic acids is 1. The summed E-state index contributed by atoms with van der Waals surface area (Å²) in [4.78, 5) is 12.8. The first kappa shape index (κ1) is 12.1. The zero-order chi connectivity index (χ0) is 12.1. The highest BCUT2D eigenvalue weighted by molar-refractivity contribution is 5.88. The molecule has 0 unspecified atom stereocenters. The van der Waals surface area contributed by atoms with Crippen molar-refractivity contribution in [3.63, 3.8) is 0 Å². The van der Waals surface area contributed by atoms with Crippen LogP contribution in [0.2, 0.25) is 0 Å². The first-order chi connectivity index (χ1) is 7.60. The Labute approximate surface area is 95.7 Å². The van der Waals surface area contributed by atoms with Crippen LogP contribution in [0, 0.1) is 19.3 Å². The van der Waals surface area contributed by atoms with E-state index >= 15 is 0 Å². The van der Waals surface area contributed by atoms with Crippen molar-refractivity contribution in [3.05, 3.63) is 29.3 Å². The normalized spacial score (nSPS) is 9.56. The van der Waals surface area contributed by atoms with Crippen LogP contribution in [0.15, 0.2) is 18.2 Å². The molecule has 3 heteroatoms. The monoisotopic (exact) mass is 217 g/mol. The minimum Gasteiger partial charge on any atom is -0.478 e. The van der Waals surface area contributed by atoms with Gasteiger partial charge in [-0.1, -0.05) is 5.92 Å². The maximum atomic E-state index is 10.8. The number of hydrogen-bond acceptors (Lipinski definition) is 2. The van der Waals surface area contributed by atoms with Crippen LogP contribution < -0.4 is 4.90 Å². The molecular weight excluding hydrogens is 202 g/mol. The molecule has 0 atom stereocenters. The lowest BCUT2D eigenvalue weighted by molar-refractivity contribution is 0.0697. The largest absolute Gasteiger partial charge is 0.478 e. The topological polar surface area (TPSA) is 40.5 Å². The Morgan fingerprint density at radius 3 is 2.69 bits per heavy atom. The lowest BCUT2D eigenvalue weighted by Gasteiger charge is -2.22. The minimum absolute atomic E-state index is 0.304. The van der Waals surface area contributed by atoms with Gasteiger partial charge in [0.2, 0.25) is 0 Å². The number of carboxylic acid groups (broad SMARTS) is 1. The summed E-state index contributed by atoms with van der Waals surface area (Å²) >= 11 is 0. The van der Waals surface area contributed by atoms with Crippen molar-refractivity contribution in [3.8, 4) is 12.3 Å². The zero-order valence-corrected chi connectivity index (χ0v) is 9.53. The summed E-state index contributed by atoms with van der Waals surface area (Å²) in [5, 5.41) is 8.85. The van der Waals surface area contributed by atoms with Crippen molar-refractivity contribution < 1.29 is 9.90 Å². The van der Waals surface area contributed by atoms with Gasteiger partial charge < -0.3 is 10.0 Å². The average molecular weight is 217 g/mol. The number of nitrogens with zero attached hydrogens (tertiary/aromatic N) is 1. The van der Waals surface area contributed by atoms with Crippen molar-refractivity contribution in [2.45, 2.75) is 13.8 Å². The first-order valence-corrected chi connectivity index (χ1v) is 5.12. The molecule has 0 fully saturated rings. The molecule has 16 heavy (non-hydrogen) atoms. The molecule has 0 aliphatic carbocycles. The summed E-state index contributed by atoms with van der Waals surface area (Å²) in [5.41, 5.74) is 2.22. The van der Waals surface area contributed by atoms with Gasteiger partial charge >= 0.3 is 5.97 Å². The highest BCUT2D eigenvalue weighted by atomic mass is 16.4. The van der Waals surface area contributed by atoms with Crippen molar-refractivity contribution in [2.24, 2.45) is 0 Å². The van der Waals surface area contributed by atoms with Gasteiger partial charge in [0.15, 0.2) is 0 Å². The van der Waals surface area contributed by atoms with Crippen molar-refractivity contribution >= 4 is 11.7 Å². The third-order valence-corrected chi connectivity index (χ3v) is 2.45. The molecule has 0 aromatic heterocycles. The highest BCUT2D eigenvalue weighted by Crippen LogP contribution is 2.20. The van der Waals surface area contributed by atoms with E-state index in [2.05, 4.69) is 5.92 Å². The molecule has 0 saturated heterocycles. The number of benzene rings is 1. The Kier molecular flexibility index (Phi) is 3.96. The second kappa shape index (κ2) is 5.22. The summed E-state index contributed by atoms with van der Waals surface area (Å²) < 4.78 is 0. The van der Waals surface area contributed by atoms with E-state index in [0.29, 0.717) is 12.1 Å². The van der Waals surface area contributed by atoms with Gasteiger partial charge in [-0.25, -0.2) is 4.79 Å². The molecule has 1 aromatic rings. The summed E-state index contributed by atoms with van der Waals surface area (Å²) in [5.74, 6) is 1.68. The molecule has 0 saturated carbocycles. The maximum Gasteiger partial charge on any atom is 0.335 e. The fourth-order valence-electron chi connectivity index (χ4n) is 1.62. The van der Waals surface area contributed by atoms with Crippen LogP contribution in [0.25, 0.3) is 0 Å². The van der Waals surface area contributed by atoms with Crippen molar-refractivity contribution in [1.82, 2.24) is 0 Å². The smallest absolute Gasteiger partial charge is 0.335 e. The summed E-state index contributed by atoms with van der Waals surface area (Å²) in [6.45, 7) is 5.24. The molecule has 0 radical (unpaired) electrons. The molecule has 3 nitrogen and oxygen atoms in total. The van der Waals surface area contributed by atoms with Gasteiger partial charge in [0, 0.05) is 12.2 Å². The van der Waals surface area contributed by atoms with Crippen LogP contribution in [0.5, 0.6) is 0 Å². The van der Waals surface area contributed by atoms with Crippen LogP contribution in [0.1, 0.15) is 22.8 Å². The molecule has 0 spiro atoms. The number of carbonyl (C=O) groups is 1. The first-order valence-electron chi connectivity index (χ1n) is 5.12. The maximum absolute atomic E-state index is 10.8. The lowest BCUT2D eigenvalue weighted by atomic mass is 10.1. The number of rotatable bonds is 4. The number of terminal acetylenes is 1. The van der Waals surface area contributed by atoms with Crippen LogP contribution in [0.3, 0.4) is 0 Å². The van der Waals surface area contributed by atoms with E-state index in [1.54, 1.807) is 18.2 Å². The number of anilines is 1. The molecular formula is C13H15NO2. The van der Waals surface area contributed by atoms with Crippen molar-refractivity contribution in [1.29, 1.82) is 0 Å². The highest BCUT2D eigenvalue weighted by Gasteiger charge is 2.09. The van der Waals surface area contributed by atoms with Crippen molar-refractivity contribution in [2.75, 3.05) is 18.0 Å². The average Bonchev–Trinajstić information content (AvgIpc) is 2.26. The molecule has 1 rings (SSSR count). The fraction of sp³-hybridized carbons (Fsp3) is 0.308. The molecule has 1 aromatic carbocycles. The van der Waals surface area contributed by atoms with Gasteiger partial charge in [-0.05, 0) is 37.6 Å². The molecule has 0 amide bonds. The van der Waals surface area contributed by atoms with Gasteiger partial charge in [0.25, 0.3) is 0 Å². The van der Waals surface area contributed by atoms with E-state index in [4.69, 9.17) is 11.5 Å². The quantitative estimate of drug-likeness (QED) is 0.786. The van der Waals surface area contributed by atoms with Crippen LogP contribution in [0.4, 0.5) is 5.69 Å². The van der Waals surface area contributed by atoms with Gasteiger partial charge in [0.1, 0.15) is 0 Å².